The maximum absolute atomic E-state index is 5.49. The fourth-order valence-corrected chi connectivity index (χ4v) is 0.696. The highest BCUT2D eigenvalue weighted by molar-refractivity contribution is 4.91. The Morgan fingerprint density at radius 2 is 2.12 bits per heavy atom. The first-order chi connectivity index (χ1) is 3.70. The summed E-state index contributed by atoms with van der Waals surface area (Å²) in [6.07, 6.45) is 1.77. The van der Waals surface area contributed by atoms with Crippen LogP contribution in [0.2, 0.25) is 0 Å². The van der Waals surface area contributed by atoms with Crippen LogP contribution in [-0.4, -0.2) is 18.2 Å². The summed E-state index contributed by atoms with van der Waals surface area (Å²) in [6, 6.07) is 0.331. The van der Waals surface area contributed by atoms with Gasteiger partial charge in [0.25, 0.3) is 0 Å². The maximum Gasteiger partial charge on any atom is 0.0746 e. The molecule has 2 heteroatoms. The van der Waals surface area contributed by atoms with Gasteiger partial charge in [-0.25, -0.2) is 0 Å². The third kappa shape index (κ3) is 1.46. The largest absolute Gasteiger partial charge is 0.374 e. The molecular weight excluding hydrogens is 102 g/mol. The summed E-state index contributed by atoms with van der Waals surface area (Å²) in [6.45, 7) is 4.07. The van der Waals surface area contributed by atoms with Crippen molar-refractivity contribution in [1.29, 1.82) is 0 Å². The van der Waals surface area contributed by atoms with E-state index in [1.807, 2.05) is 13.8 Å². The molecule has 0 unspecified atom stereocenters. The predicted octanol–water partition coefficient (Wildman–Crippen LogP) is 0.511. The monoisotopic (exact) mass is 115 g/mol. The Kier molecular flexibility index (Phi) is 1.54. The second kappa shape index (κ2) is 2.03. The van der Waals surface area contributed by atoms with Crippen LogP contribution >= 0.6 is 0 Å². The molecule has 0 aliphatic heterocycles. The van der Waals surface area contributed by atoms with E-state index in [0.29, 0.717) is 18.2 Å². The van der Waals surface area contributed by atoms with E-state index < -0.39 is 0 Å². The van der Waals surface area contributed by atoms with Crippen LogP contribution in [0.15, 0.2) is 0 Å². The number of hydrogen-bond acceptors (Lipinski definition) is 2. The van der Waals surface area contributed by atoms with Crippen molar-refractivity contribution < 1.29 is 4.74 Å². The minimum atomic E-state index is 0.331. The van der Waals surface area contributed by atoms with Crippen LogP contribution in [0, 0.1) is 0 Å². The molecule has 1 saturated carbocycles. The van der Waals surface area contributed by atoms with Gasteiger partial charge in [0.1, 0.15) is 0 Å². The van der Waals surface area contributed by atoms with Crippen molar-refractivity contribution in [2.75, 3.05) is 0 Å². The number of nitrogens with two attached hydrogens (primary N) is 1. The lowest BCUT2D eigenvalue weighted by molar-refractivity contribution is 0.0619. The smallest absolute Gasteiger partial charge is 0.0746 e. The van der Waals surface area contributed by atoms with Crippen LogP contribution in [0.4, 0.5) is 0 Å². The summed E-state index contributed by atoms with van der Waals surface area (Å²) >= 11 is 0. The van der Waals surface area contributed by atoms with Crippen molar-refractivity contribution in [3.05, 3.63) is 0 Å². The molecule has 0 aromatic rings. The van der Waals surface area contributed by atoms with Crippen LogP contribution in [0.3, 0.4) is 0 Å². The summed E-state index contributed by atoms with van der Waals surface area (Å²) in [5.41, 5.74) is 5.49. The summed E-state index contributed by atoms with van der Waals surface area (Å²) in [7, 11) is 0. The molecule has 0 aromatic carbocycles. The van der Waals surface area contributed by atoms with Gasteiger partial charge < -0.3 is 10.5 Å². The highest BCUT2D eigenvalue weighted by atomic mass is 16.5. The lowest BCUT2D eigenvalue weighted by atomic mass is 10.5. The van der Waals surface area contributed by atoms with Gasteiger partial charge in [-0.1, -0.05) is 0 Å². The van der Waals surface area contributed by atoms with Gasteiger partial charge in [0.2, 0.25) is 0 Å². The zero-order chi connectivity index (χ0) is 6.15. The lowest BCUT2D eigenvalue weighted by Gasteiger charge is -2.03. The summed E-state index contributed by atoms with van der Waals surface area (Å²) < 4.78 is 5.35. The molecule has 2 atom stereocenters. The molecule has 1 aliphatic carbocycles. The summed E-state index contributed by atoms with van der Waals surface area (Å²) in [4.78, 5) is 0. The van der Waals surface area contributed by atoms with E-state index in [-0.39, 0.29) is 0 Å². The highest BCUT2D eigenvalue weighted by Crippen LogP contribution is 2.23. The van der Waals surface area contributed by atoms with Crippen molar-refractivity contribution in [2.24, 2.45) is 5.73 Å². The van der Waals surface area contributed by atoms with Crippen molar-refractivity contribution >= 4 is 0 Å². The molecule has 2 nitrogen and oxygen atoms in total. The van der Waals surface area contributed by atoms with E-state index in [2.05, 4.69) is 0 Å². The summed E-state index contributed by atoms with van der Waals surface area (Å²) in [5, 5.41) is 0. The second-order valence-corrected chi connectivity index (χ2v) is 2.62. The number of rotatable bonds is 2. The van der Waals surface area contributed by atoms with Gasteiger partial charge in [-0.2, -0.15) is 0 Å². The van der Waals surface area contributed by atoms with Gasteiger partial charge in [0.05, 0.1) is 12.2 Å². The predicted molar refractivity (Wildman–Crippen MR) is 32.6 cm³/mol. The second-order valence-electron chi connectivity index (χ2n) is 2.62. The zero-order valence-corrected chi connectivity index (χ0v) is 5.42. The lowest BCUT2D eigenvalue weighted by Crippen LogP contribution is -2.12. The first-order valence-electron chi connectivity index (χ1n) is 3.11. The fourth-order valence-electron chi connectivity index (χ4n) is 0.696. The Balaban J connectivity index is 2.05. The quantitative estimate of drug-likeness (QED) is 0.569. The van der Waals surface area contributed by atoms with Crippen molar-refractivity contribution in [1.82, 2.24) is 0 Å². The van der Waals surface area contributed by atoms with Gasteiger partial charge in [-0.3, -0.25) is 0 Å². The number of hydrogen-bond donors (Lipinski definition) is 1. The van der Waals surface area contributed by atoms with Crippen molar-refractivity contribution in [2.45, 2.75) is 38.5 Å². The zero-order valence-electron chi connectivity index (χ0n) is 5.42. The highest BCUT2D eigenvalue weighted by Gasteiger charge is 2.34. The van der Waals surface area contributed by atoms with Crippen molar-refractivity contribution in [3.8, 4) is 0 Å². The molecular formula is C6H13NO. The molecule has 8 heavy (non-hydrogen) atoms. The van der Waals surface area contributed by atoms with E-state index in [1.54, 1.807) is 0 Å². The Morgan fingerprint density at radius 1 is 1.62 bits per heavy atom. The van der Waals surface area contributed by atoms with E-state index in [1.165, 1.54) is 0 Å². The third-order valence-electron chi connectivity index (χ3n) is 1.23. The molecule has 0 amide bonds. The molecule has 0 spiro atoms. The Morgan fingerprint density at radius 3 is 2.25 bits per heavy atom. The first-order valence-corrected chi connectivity index (χ1v) is 3.11. The topological polar surface area (TPSA) is 35.2 Å². The molecule has 0 saturated heterocycles. The van der Waals surface area contributed by atoms with Gasteiger partial charge in [0, 0.05) is 6.04 Å². The molecule has 1 aliphatic rings. The van der Waals surface area contributed by atoms with Crippen LogP contribution < -0.4 is 5.73 Å². The number of ether oxygens (including phenoxy) is 1. The average molecular weight is 115 g/mol. The third-order valence-corrected chi connectivity index (χ3v) is 1.23. The molecule has 0 bridgehead atoms. The minimum Gasteiger partial charge on any atom is -0.374 e. The van der Waals surface area contributed by atoms with Gasteiger partial charge in [-0.15, -0.1) is 0 Å². The molecule has 0 aromatic heterocycles. The maximum atomic E-state index is 5.49. The van der Waals surface area contributed by atoms with Gasteiger partial charge >= 0.3 is 0 Å². The minimum absolute atomic E-state index is 0.331. The molecule has 1 fully saturated rings. The Hall–Kier alpha value is -0.0800. The van der Waals surface area contributed by atoms with E-state index >= 15 is 0 Å². The molecule has 2 N–H and O–H groups in total. The Bertz CT molecular complexity index is 82.6. The fraction of sp³-hybridized carbons (Fsp3) is 1.00. The van der Waals surface area contributed by atoms with E-state index in [4.69, 9.17) is 10.5 Å². The van der Waals surface area contributed by atoms with E-state index in [0.717, 1.165) is 6.42 Å². The standard InChI is InChI=1S/C6H13NO/c1-4(2)8-6-3-5(6)7/h4-6H,3,7H2,1-2H3/t5-,6-/m0/s1. The molecule has 0 heterocycles. The van der Waals surface area contributed by atoms with Crippen molar-refractivity contribution in [3.63, 3.8) is 0 Å². The first kappa shape index (κ1) is 6.05. The molecule has 48 valence electrons. The molecule has 1 rings (SSSR count). The SMILES string of the molecule is CC(C)O[C@H]1C[C@@H]1N. The summed E-state index contributed by atoms with van der Waals surface area (Å²) in [5.74, 6) is 0. The van der Waals surface area contributed by atoms with Crippen LogP contribution in [0.25, 0.3) is 0 Å². The van der Waals surface area contributed by atoms with Gasteiger partial charge in [0.15, 0.2) is 0 Å². The van der Waals surface area contributed by atoms with Crippen LogP contribution in [0.1, 0.15) is 20.3 Å². The van der Waals surface area contributed by atoms with E-state index in [9.17, 15) is 0 Å². The average Bonchev–Trinajstić information content (AvgIpc) is 2.17. The van der Waals surface area contributed by atoms with Crippen LogP contribution in [-0.2, 0) is 4.74 Å². The van der Waals surface area contributed by atoms with Crippen LogP contribution in [0.5, 0.6) is 0 Å². The molecule has 0 radical (unpaired) electrons. The van der Waals surface area contributed by atoms with Gasteiger partial charge in [-0.05, 0) is 20.3 Å². The Labute approximate surface area is 50.0 Å². The normalized spacial score (nSPS) is 36.0.